The third-order valence-corrected chi connectivity index (χ3v) is 4.31. The van der Waals surface area contributed by atoms with Crippen LogP contribution < -0.4 is 5.32 Å². The standard InChI is InChI=1S/C14H19N3O3S/c1-16(2)13(19)8-15-14(20)11-5-6-12(18)17(11)9-10-4-3-7-21-10/h3-4,7,11H,5-6,8-9H2,1-2H3,(H,15,20)/t11-/m1/s1. The number of hydrogen-bond acceptors (Lipinski definition) is 4. The minimum atomic E-state index is -0.477. The van der Waals surface area contributed by atoms with Crippen molar-refractivity contribution in [2.24, 2.45) is 0 Å². The monoisotopic (exact) mass is 309 g/mol. The molecule has 0 aromatic carbocycles. The number of nitrogens with one attached hydrogen (secondary N) is 1. The molecular formula is C14H19N3O3S. The van der Waals surface area contributed by atoms with Crippen molar-refractivity contribution in [3.8, 4) is 0 Å². The van der Waals surface area contributed by atoms with Crippen LogP contribution in [-0.2, 0) is 20.9 Å². The fourth-order valence-corrected chi connectivity index (χ4v) is 2.92. The van der Waals surface area contributed by atoms with Crippen LogP contribution in [0.3, 0.4) is 0 Å². The van der Waals surface area contributed by atoms with Crippen molar-refractivity contribution in [3.05, 3.63) is 22.4 Å². The van der Waals surface area contributed by atoms with Crippen molar-refractivity contribution >= 4 is 29.1 Å². The van der Waals surface area contributed by atoms with E-state index in [0.717, 1.165) is 4.88 Å². The molecule has 21 heavy (non-hydrogen) atoms. The molecule has 6 nitrogen and oxygen atoms in total. The Kier molecular flexibility index (Phi) is 4.95. The zero-order valence-electron chi connectivity index (χ0n) is 12.2. The van der Waals surface area contributed by atoms with Gasteiger partial charge < -0.3 is 15.1 Å². The van der Waals surface area contributed by atoms with Crippen molar-refractivity contribution in [3.63, 3.8) is 0 Å². The number of carbonyl (C=O) groups is 3. The van der Waals surface area contributed by atoms with Gasteiger partial charge in [-0.15, -0.1) is 11.3 Å². The number of rotatable bonds is 5. The molecule has 1 atom stereocenters. The maximum atomic E-state index is 12.2. The molecule has 2 heterocycles. The van der Waals surface area contributed by atoms with Crippen LogP contribution in [0.25, 0.3) is 0 Å². The van der Waals surface area contributed by atoms with Crippen molar-refractivity contribution in [2.75, 3.05) is 20.6 Å². The number of hydrogen-bond donors (Lipinski definition) is 1. The molecule has 0 unspecified atom stereocenters. The average Bonchev–Trinajstić information content (AvgIpc) is 3.07. The Morgan fingerprint density at radius 2 is 2.24 bits per heavy atom. The second-order valence-corrected chi connectivity index (χ2v) is 6.19. The van der Waals surface area contributed by atoms with Gasteiger partial charge in [-0.05, 0) is 17.9 Å². The normalized spacial score (nSPS) is 17.9. The van der Waals surface area contributed by atoms with Gasteiger partial charge in [-0.3, -0.25) is 14.4 Å². The molecule has 7 heteroatoms. The molecule has 1 saturated heterocycles. The summed E-state index contributed by atoms with van der Waals surface area (Å²) in [6, 6.07) is 3.39. The lowest BCUT2D eigenvalue weighted by molar-refractivity contribution is -0.136. The van der Waals surface area contributed by atoms with Crippen LogP contribution in [0.2, 0.25) is 0 Å². The molecule has 0 radical (unpaired) electrons. The van der Waals surface area contributed by atoms with Crippen LogP contribution in [-0.4, -0.2) is 54.2 Å². The molecule has 1 N–H and O–H groups in total. The molecule has 2 rings (SSSR count). The summed E-state index contributed by atoms with van der Waals surface area (Å²) in [5, 5.41) is 4.56. The summed E-state index contributed by atoms with van der Waals surface area (Å²) in [6.45, 7) is 0.416. The molecule has 1 fully saturated rings. The van der Waals surface area contributed by atoms with Gasteiger partial charge in [-0.1, -0.05) is 6.07 Å². The lowest BCUT2D eigenvalue weighted by atomic mass is 10.2. The quantitative estimate of drug-likeness (QED) is 0.858. The van der Waals surface area contributed by atoms with Crippen LogP contribution in [0.5, 0.6) is 0 Å². The molecule has 1 aromatic heterocycles. The molecule has 0 saturated carbocycles. The highest BCUT2D eigenvalue weighted by atomic mass is 32.1. The summed E-state index contributed by atoms with van der Waals surface area (Å²) in [7, 11) is 3.27. The summed E-state index contributed by atoms with van der Waals surface area (Å²) < 4.78 is 0. The Hall–Kier alpha value is -1.89. The Labute approximate surface area is 127 Å². The molecule has 114 valence electrons. The third kappa shape index (κ3) is 3.81. The Balaban J connectivity index is 1.95. The highest BCUT2D eigenvalue weighted by Crippen LogP contribution is 2.23. The largest absolute Gasteiger partial charge is 0.347 e. The highest BCUT2D eigenvalue weighted by Gasteiger charge is 2.36. The molecule has 0 spiro atoms. The van der Waals surface area contributed by atoms with Gasteiger partial charge in [0, 0.05) is 25.4 Å². The van der Waals surface area contributed by atoms with Gasteiger partial charge in [-0.2, -0.15) is 0 Å². The number of nitrogens with zero attached hydrogens (tertiary/aromatic N) is 2. The first-order valence-electron chi connectivity index (χ1n) is 6.78. The zero-order valence-corrected chi connectivity index (χ0v) is 13.0. The lowest BCUT2D eigenvalue weighted by Gasteiger charge is -2.23. The first-order valence-corrected chi connectivity index (χ1v) is 7.66. The van der Waals surface area contributed by atoms with Gasteiger partial charge in [0.2, 0.25) is 17.7 Å². The smallest absolute Gasteiger partial charge is 0.243 e. The molecule has 3 amide bonds. The topological polar surface area (TPSA) is 69.7 Å². The molecular weight excluding hydrogens is 290 g/mol. The SMILES string of the molecule is CN(C)C(=O)CNC(=O)[C@H]1CCC(=O)N1Cc1cccs1. The minimum absolute atomic E-state index is 0.0116. The van der Waals surface area contributed by atoms with E-state index in [-0.39, 0.29) is 24.3 Å². The van der Waals surface area contributed by atoms with E-state index in [2.05, 4.69) is 5.32 Å². The summed E-state index contributed by atoms with van der Waals surface area (Å²) in [4.78, 5) is 39.7. The predicted octanol–water partition coefficient (Wildman–Crippen LogP) is 0.443. The van der Waals surface area contributed by atoms with E-state index in [1.165, 1.54) is 4.90 Å². The van der Waals surface area contributed by atoms with Crippen molar-refractivity contribution < 1.29 is 14.4 Å². The van der Waals surface area contributed by atoms with E-state index in [1.54, 1.807) is 30.3 Å². The van der Waals surface area contributed by atoms with Gasteiger partial charge in [-0.25, -0.2) is 0 Å². The first-order chi connectivity index (χ1) is 9.99. The molecule has 1 aromatic rings. The number of thiophene rings is 1. The van der Waals surface area contributed by atoms with Crippen molar-refractivity contribution in [1.82, 2.24) is 15.1 Å². The predicted molar refractivity (Wildman–Crippen MR) is 79.6 cm³/mol. The third-order valence-electron chi connectivity index (χ3n) is 3.45. The second kappa shape index (κ2) is 6.71. The maximum Gasteiger partial charge on any atom is 0.243 e. The van der Waals surface area contributed by atoms with E-state index >= 15 is 0 Å². The zero-order chi connectivity index (χ0) is 15.4. The van der Waals surface area contributed by atoms with Crippen LogP contribution in [0.15, 0.2) is 17.5 Å². The van der Waals surface area contributed by atoms with Crippen molar-refractivity contribution in [1.29, 1.82) is 0 Å². The average molecular weight is 309 g/mol. The lowest BCUT2D eigenvalue weighted by Crippen LogP contribution is -2.46. The van der Waals surface area contributed by atoms with Crippen LogP contribution in [0.1, 0.15) is 17.7 Å². The molecule has 1 aliphatic rings. The van der Waals surface area contributed by atoms with Gasteiger partial charge >= 0.3 is 0 Å². The van der Waals surface area contributed by atoms with Gasteiger partial charge in [0.25, 0.3) is 0 Å². The number of carbonyl (C=O) groups excluding carboxylic acids is 3. The Bertz CT molecular complexity index is 528. The molecule has 0 bridgehead atoms. The van der Waals surface area contributed by atoms with Gasteiger partial charge in [0.1, 0.15) is 6.04 Å². The number of likely N-dealkylation sites (N-methyl/N-ethyl adjacent to an activating group) is 1. The summed E-state index contributed by atoms with van der Waals surface area (Å²) in [5.74, 6) is -0.437. The highest BCUT2D eigenvalue weighted by molar-refractivity contribution is 7.09. The van der Waals surface area contributed by atoms with E-state index in [9.17, 15) is 14.4 Å². The van der Waals surface area contributed by atoms with E-state index in [0.29, 0.717) is 19.4 Å². The van der Waals surface area contributed by atoms with Gasteiger partial charge in [0.15, 0.2) is 0 Å². The van der Waals surface area contributed by atoms with Crippen LogP contribution in [0, 0.1) is 0 Å². The fraction of sp³-hybridized carbons (Fsp3) is 0.500. The summed E-state index contributed by atoms with van der Waals surface area (Å²) in [5.41, 5.74) is 0. The summed E-state index contributed by atoms with van der Waals surface area (Å²) in [6.07, 6.45) is 0.886. The van der Waals surface area contributed by atoms with Gasteiger partial charge in [0.05, 0.1) is 13.1 Å². The van der Waals surface area contributed by atoms with E-state index in [1.807, 2.05) is 17.5 Å². The van der Waals surface area contributed by atoms with Crippen LogP contribution in [0.4, 0.5) is 0 Å². The number of amides is 3. The number of likely N-dealkylation sites (tertiary alicyclic amines) is 1. The molecule has 0 aliphatic carbocycles. The van der Waals surface area contributed by atoms with E-state index in [4.69, 9.17) is 0 Å². The Morgan fingerprint density at radius 1 is 1.48 bits per heavy atom. The summed E-state index contributed by atoms with van der Waals surface area (Å²) >= 11 is 1.56. The molecule has 1 aliphatic heterocycles. The minimum Gasteiger partial charge on any atom is -0.347 e. The van der Waals surface area contributed by atoms with Crippen LogP contribution >= 0.6 is 11.3 Å². The second-order valence-electron chi connectivity index (χ2n) is 5.16. The van der Waals surface area contributed by atoms with Crippen molar-refractivity contribution in [2.45, 2.75) is 25.4 Å². The maximum absolute atomic E-state index is 12.2. The fourth-order valence-electron chi connectivity index (χ4n) is 2.21. The first kappa shape index (κ1) is 15.5. The van der Waals surface area contributed by atoms with E-state index < -0.39 is 6.04 Å². The Morgan fingerprint density at radius 3 is 2.86 bits per heavy atom.